The van der Waals surface area contributed by atoms with E-state index >= 15 is 0 Å². The van der Waals surface area contributed by atoms with Crippen LogP contribution in [0.15, 0.2) is 28.3 Å². The lowest BCUT2D eigenvalue weighted by Crippen LogP contribution is -2.19. The molecule has 0 amide bonds. The van der Waals surface area contributed by atoms with E-state index < -0.39 is 4.92 Å². The fourth-order valence-corrected chi connectivity index (χ4v) is 3.19. The van der Waals surface area contributed by atoms with Crippen LogP contribution in [0.5, 0.6) is 0 Å². The number of thioether (sulfide) groups is 1. The van der Waals surface area contributed by atoms with Gasteiger partial charge in [-0.1, -0.05) is 5.16 Å². The Kier molecular flexibility index (Phi) is 4.80. The second kappa shape index (κ2) is 6.58. The number of rotatable bonds is 4. The molecule has 0 aliphatic carbocycles. The van der Waals surface area contributed by atoms with Crippen molar-refractivity contribution in [2.24, 2.45) is 10.9 Å². The summed E-state index contributed by atoms with van der Waals surface area (Å²) in [7, 11) is 0. The van der Waals surface area contributed by atoms with E-state index in [1.165, 1.54) is 12.1 Å². The summed E-state index contributed by atoms with van der Waals surface area (Å²) >= 11 is 1.58. The van der Waals surface area contributed by atoms with Gasteiger partial charge in [-0.15, -0.1) is 11.8 Å². The SMILES string of the molecule is NC(=NO)c1cc([N+](=O)[O-])ccc1SC1CCOCC1. The molecule has 0 unspecified atom stereocenters. The lowest BCUT2D eigenvalue weighted by molar-refractivity contribution is -0.384. The van der Waals surface area contributed by atoms with Gasteiger partial charge in [0, 0.05) is 41.1 Å². The molecule has 3 N–H and O–H groups in total. The van der Waals surface area contributed by atoms with Crippen molar-refractivity contribution in [1.82, 2.24) is 0 Å². The minimum atomic E-state index is -0.503. The molecule has 1 heterocycles. The van der Waals surface area contributed by atoms with Gasteiger partial charge in [-0.3, -0.25) is 10.1 Å². The number of amidine groups is 1. The molecule has 0 atom stereocenters. The molecule has 20 heavy (non-hydrogen) atoms. The fourth-order valence-electron chi connectivity index (χ4n) is 1.96. The molecule has 8 heteroatoms. The molecule has 1 aliphatic rings. The third-order valence-corrected chi connectivity index (χ3v) is 4.43. The maximum Gasteiger partial charge on any atom is 0.270 e. The van der Waals surface area contributed by atoms with Crippen LogP contribution in [0.25, 0.3) is 0 Å². The van der Waals surface area contributed by atoms with Gasteiger partial charge in [0.15, 0.2) is 5.84 Å². The standard InChI is InChI=1S/C12H15N3O4S/c13-12(14-16)10-7-8(15(17)18)1-2-11(10)20-9-3-5-19-6-4-9/h1-2,7,9,16H,3-6H2,(H2,13,14). The smallest absolute Gasteiger partial charge is 0.270 e. The minimum Gasteiger partial charge on any atom is -0.409 e. The highest BCUT2D eigenvalue weighted by molar-refractivity contribution is 8.00. The number of nitrogens with zero attached hydrogens (tertiary/aromatic N) is 2. The molecule has 1 aromatic rings. The molecule has 1 aliphatic heterocycles. The van der Waals surface area contributed by atoms with Gasteiger partial charge in [-0.2, -0.15) is 0 Å². The molecule has 0 saturated carbocycles. The first-order valence-electron chi connectivity index (χ1n) is 6.12. The molecule has 0 spiro atoms. The van der Waals surface area contributed by atoms with Crippen LogP contribution in [0.1, 0.15) is 18.4 Å². The van der Waals surface area contributed by atoms with Crippen molar-refractivity contribution in [2.45, 2.75) is 23.0 Å². The highest BCUT2D eigenvalue weighted by atomic mass is 32.2. The molecule has 0 bridgehead atoms. The van der Waals surface area contributed by atoms with Gasteiger partial charge in [-0.05, 0) is 18.9 Å². The van der Waals surface area contributed by atoms with Crippen molar-refractivity contribution in [3.8, 4) is 0 Å². The second-order valence-corrected chi connectivity index (χ2v) is 5.69. The third kappa shape index (κ3) is 3.40. The molecule has 1 aromatic carbocycles. The van der Waals surface area contributed by atoms with Crippen LogP contribution >= 0.6 is 11.8 Å². The van der Waals surface area contributed by atoms with E-state index in [1.807, 2.05) is 0 Å². The average molecular weight is 297 g/mol. The van der Waals surface area contributed by atoms with Crippen LogP contribution in [-0.2, 0) is 4.74 Å². The van der Waals surface area contributed by atoms with Crippen LogP contribution < -0.4 is 5.73 Å². The van der Waals surface area contributed by atoms with Crippen molar-refractivity contribution in [1.29, 1.82) is 0 Å². The summed E-state index contributed by atoms with van der Waals surface area (Å²) in [5.41, 5.74) is 5.92. The molecule has 0 aromatic heterocycles. The maximum atomic E-state index is 10.8. The molecule has 7 nitrogen and oxygen atoms in total. The summed E-state index contributed by atoms with van der Waals surface area (Å²) in [4.78, 5) is 11.1. The number of oxime groups is 1. The largest absolute Gasteiger partial charge is 0.409 e. The van der Waals surface area contributed by atoms with Gasteiger partial charge in [0.2, 0.25) is 0 Å². The molecular weight excluding hydrogens is 282 g/mol. The lowest BCUT2D eigenvalue weighted by Gasteiger charge is -2.22. The quantitative estimate of drug-likeness (QED) is 0.289. The van der Waals surface area contributed by atoms with Gasteiger partial charge in [0.05, 0.1) is 4.92 Å². The Hall–Kier alpha value is -1.80. The Balaban J connectivity index is 2.28. The van der Waals surface area contributed by atoms with Crippen molar-refractivity contribution in [3.05, 3.63) is 33.9 Å². The number of nitrogens with two attached hydrogens (primary N) is 1. The zero-order chi connectivity index (χ0) is 14.5. The van der Waals surface area contributed by atoms with Crippen molar-refractivity contribution in [2.75, 3.05) is 13.2 Å². The Bertz CT molecular complexity index is 529. The molecule has 1 fully saturated rings. The van der Waals surface area contributed by atoms with Crippen molar-refractivity contribution < 1.29 is 14.9 Å². The third-order valence-electron chi connectivity index (χ3n) is 3.02. The topological polar surface area (TPSA) is 111 Å². The van der Waals surface area contributed by atoms with E-state index in [4.69, 9.17) is 15.7 Å². The first-order chi connectivity index (χ1) is 9.61. The molecule has 0 radical (unpaired) electrons. The lowest BCUT2D eigenvalue weighted by atomic mass is 10.2. The minimum absolute atomic E-state index is 0.0806. The highest BCUT2D eigenvalue weighted by Crippen LogP contribution is 2.33. The highest BCUT2D eigenvalue weighted by Gasteiger charge is 2.20. The number of hydrogen-bond acceptors (Lipinski definition) is 6. The van der Waals surface area contributed by atoms with Crippen molar-refractivity contribution >= 4 is 23.3 Å². The maximum absolute atomic E-state index is 10.8. The van der Waals surface area contributed by atoms with Gasteiger partial charge >= 0.3 is 0 Å². The molecule has 1 saturated heterocycles. The van der Waals surface area contributed by atoms with Crippen molar-refractivity contribution in [3.63, 3.8) is 0 Å². The Labute approximate surface area is 119 Å². The molecular formula is C12H15N3O4S. The number of benzene rings is 1. The van der Waals surface area contributed by atoms with Crippen LogP contribution in [-0.4, -0.2) is 34.4 Å². The van der Waals surface area contributed by atoms with Gasteiger partial charge < -0.3 is 15.7 Å². The van der Waals surface area contributed by atoms with Gasteiger partial charge in [-0.25, -0.2) is 0 Å². The number of non-ortho nitro benzene ring substituents is 1. The number of hydrogen-bond donors (Lipinski definition) is 2. The predicted molar refractivity (Wildman–Crippen MR) is 75.3 cm³/mol. The summed E-state index contributed by atoms with van der Waals surface area (Å²) in [6.45, 7) is 1.42. The number of nitro benzene ring substituents is 1. The Morgan fingerprint density at radius 2 is 2.20 bits per heavy atom. The Morgan fingerprint density at radius 1 is 1.50 bits per heavy atom. The normalized spacial score (nSPS) is 17.1. The van der Waals surface area contributed by atoms with E-state index in [-0.39, 0.29) is 11.5 Å². The predicted octanol–water partition coefficient (Wildman–Crippen LogP) is 1.96. The zero-order valence-corrected chi connectivity index (χ0v) is 11.5. The number of nitro groups is 1. The Morgan fingerprint density at radius 3 is 2.80 bits per heavy atom. The van der Waals surface area contributed by atoms with E-state index in [0.717, 1.165) is 17.7 Å². The van der Waals surface area contributed by atoms with Gasteiger partial charge in [0.25, 0.3) is 5.69 Å². The summed E-state index contributed by atoms with van der Waals surface area (Å²) in [6, 6.07) is 4.40. The summed E-state index contributed by atoms with van der Waals surface area (Å²) in [5.74, 6) is -0.122. The summed E-state index contributed by atoms with van der Waals surface area (Å²) in [6.07, 6.45) is 1.83. The zero-order valence-electron chi connectivity index (χ0n) is 10.7. The number of ether oxygens (including phenoxy) is 1. The molecule has 108 valence electrons. The molecule has 2 rings (SSSR count). The van der Waals surface area contributed by atoms with E-state index in [0.29, 0.717) is 24.0 Å². The fraction of sp³-hybridized carbons (Fsp3) is 0.417. The second-order valence-electron chi connectivity index (χ2n) is 4.35. The van der Waals surface area contributed by atoms with Crippen LogP contribution in [0.3, 0.4) is 0 Å². The summed E-state index contributed by atoms with van der Waals surface area (Å²) < 4.78 is 5.30. The summed E-state index contributed by atoms with van der Waals surface area (Å²) in [5, 5.41) is 22.9. The average Bonchev–Trinajstić information content (AvgIpc) is 2.47. The van der Waals surface area contributed by atoms with Crippen LogP contribution in [0.4, 0.5) is 5.69 Å². The van der Waals surface area contributed by atoms with Gasteiger partial charge in [0.1, 0.15) is 0 Å². The first-order valence-corrected chi connectivity index (χ1v) is 7.00. The van der Waals surface area contributed by atoms with E-state index in [9.17, 15) is 10.1 Å². The van der Waals surface area contributed by atoms with Crippen LogP contribution in [0.2, 0.25) is 0 Å². The van der Waals surface area contributed by atoms with E-state index in [1.54, 1.807) is 17.8 Å². The van der Waals surface area contributed by atoms with Crippen LogP contribution in [0, 0.1) is 10.1 Å². The monoisotopic (exact) mass is 297 g/mol. The first kappa shape index (κ1) is 14.6. The van der Waals surface area contributed by atoms with E-state index in [2.05, 4.69) is 5.16 Å².